The predicted octanol–water partition coefficient (Wildman–Crippen LogP) is 0.822. The van der Waals surface area contributed by atoms with Crippen molar-refractivity contribution >= 4 is 23.5 Å². The van der Waals surface area contributed by atoms with E-state index in [-0.39, 0.29) is 30.7 Å². The summed E-state index contributed by atoms with van der Waals surface area (Å²) in [6.07, 6.45) is 1.38. The van der Waals surface area contributed by atoms with Crippen LogP contribution in [0.3, 0.4) is 0 Å². The highest BCUT2D eigenvalue weighted by Crippen LogP contribution is 2.42. The molecular weight excluding hydrogens is 342 g/mol. The number of benzene rings is 1. The van der Waals surface area contributed by atoms with Gasteiger partial charge in [-0.25, -0.2) is 5.10 Å². The summed E-state index contributed by atoms with van der Waals surface area (Å²) in [4.78, 5) is 30.1. The lowest BCUT2D eigenvalue weighted by Gasteiger charge is -2.20. The van der Waals surface area contributed by atoms with Crippen molar-refractivity contribution in [3.63, 3.8) is 0 Å². The quantitative estimate of drug-likeness (QED) is 0.782. The van der Waals surface area contributed by atoms with Crippen LogP contribution in [0.1, 0.15) is 6.42 Å². The standard InChI is InChI=1S/C16H19N5O5/c1-24-11-5-10(6-12(25-2)14(11)26-3)21-7-9(4-13(21)22)15(23)19-16-17-8-18-20-16/h5-6,8-9H,4,7H2,1-3H3,(H2,17,18,19,20,23). The molecule has 2 N–H and O–H groups in total. The van der Waals surface area contributed by atoms with Crippen LogP contribution in [-0.4, -0.2) is 54.9 Å². The molecule has 0 saturated carbocycles. The Morgan fingerprint density at radius 3 is 2.46 bits per heavy atom. The SMILES string of the molecule is COc1cc(N2CC(C(=O)Nc3ncn[nH]3)CC2=O)cc(OC)c1OC. The van der Waals surface area contributed by atoms with Gasteiger partial charge in [-0.15, -0.1) is 0 Å². The third kappa shape index (κ3) is 3.25. The lowest BCUT2D eigenvalue weighted by atomic mass is 10.1. The van der Waals surface area contributed by atoms with Crippen LogP contribution in [-0.2, 0) is 9.59 Å². The summed E-state index contributed by atoms with van der Waals surface area (Å²) in [5.74, 6) is 0.570. The molecule has 0 aliphatic carbocycles. The molecule has 26 heavy (non-hydrogen) atoms. The molecule has 1 aromatic heterocycles. The summed E-state index contributed by atoms with van der Waals surface area (Å²) >= 11 is 0. The van der Waals surface area contributed by atoms with E-state index in [0.717, 1.165) is 0 Å². The second kappa shape index (κ2) is 7.30. The third-order valence-electron chi connectivity index (χ3n) is 4.11. The number of carbonyl (C=O) groups excluding carboxylic acids is 2. The predicted molar refractivity (Wildman–Crippen MR) is 91.6 cm³/mol. The van der Waals surface area contributed by atoms with Gasteiger partial charge in [-0.05, 0) is 0 Å². The molecule has 2 aromatic rings. The second-order valence-electron chi connectivity index (χ2n) is 5.61. The topological polar surface area (TPSA) is 119 Å². The number of hydrogen-bond acceptors (Lipinski definition) is 7. The molecule has 1 atom stereocenters. The number of amides is 2. The van der Waals surface area contributed by atoms with Crippen LogP contribution < -0.4 is 24.4 Å². The Bertz CT molecular complexity index is 782. The Morgan fingerprint density at radius 2 is 1.92 bits per heavy atom. The van der Waals surface area contributed by atoms with Crippen LogP contribution >= 0.6 is 0 Å². The van der Waals surface area contributed by atoms with E-state index in [1.807, 2.05) is 0 Å². The number of nitrogens with one attached hydrogen (secondary N) is 2. The van der Waals surface area contributed by atoms with E-state index in [1.165, 1.54) is 32.6 Å². The molecule has 1 aromatic carbocycles. The van der Waals surface area contributed by atoms with Gasteiger partial charge in [-0.2, -0.15) is 10.1 Å². The van der Waals surface area contributed by atoms with E-state index in [1.54, 1.807) is 12.1 Å². The van der Waals surface area contributed by atoms with E-state index in [0.29, 0.717) is 22.9 Å². The van der Waals surface area contributed by atoms with Crippen molar-refractivity contribution in [2.75, 3.05) is 38.1 Å². The molecule has 1 unspecified atom stereocenters. The fraction of sp³-hybridized carbons (Fsp3) is 0.375. The summed E-state index contributed by atoms with van der Waals surface area (Å²) in [6, 6.07) is 3.35. The Kier molecular flexibility index (Phi) is 4.92. The molecule has 2 heterocycles. The van der Waals surface area contributed by atoms with E-state index >= 15 is 0 Å². The van der Waals surface area contributed by atoms with Crippen molar-refractivity contribution in [2.45, 2.75) is 6.42 Å². The minimum Gasteiger partial charge on any atom is -0.493 e. The Morgan fingerprint density at radius 1 is 1.23 bits per heavy atom. The summed E-state index contributed by atoms with van der Waals surface area (Å²) in [5.41, 5.74) is 0.569. The molecule has 138 valence electrons. The number of methoxy groups -OCH3 is 3. The van der Waals surface area contributed by atoms with E-state index in [9.17, 15) is 9.59 Å². The minimum absolute atomic E-state index is 0.0939. The maximum absolute atomic E-state index is 12.4. The van der Waals surface area contributed by atoms with Crippen LogP contribution in [0.4, 0.5) is 11.6 Å². The van der Waals surface area contributed by atoms with Gasteiger partial charge in [0.15, 0.2) is 11.5 Å². The minimum atomic E-state index is -0.508. The average Bonchev–Trinajstić information content (AvgIpc) is 3.29. The highest BCUT2D eigenvalue weighted by Gasteiger charge is 2.36. The molecule has 10 heteroatoms. The number of aromatic amines is 1. The average molecular weight is 361 g/mol. The number of ether oxygens (including phenoxy) is 3. The molecule has 3 rings (SSSR count). The van der Waals surface area contributed by atoms with Gasteiger partial charge in [-0.1, -0.05) is 0 Å². The fourth-order valence-corrected chi connectivity index (χ4v) is 2.84. The number of carbonyl (C=O) groups is 2. The maximum atomic E-state index is 12.4. The van der Waals surface area contributed by atoms with Crippen LogP contribution in [0.15, 0.2) is 18.5 Å². The first kappa shape index (κ1) is 17.5. The molecule has 1 saturated heterocycles. The van der Waals surface area contributed by atoms with Gasteiger partial charge in [0, 0.05) is 25.1 Å². The van der Waals surface area contributed by atoms with Gasteiger partial charge in [0.05, 0.1) is 32.9 Å². The zero-order valence-corrected chi connectivity index (χ0v) is 14.6. The Hall–Kier alpha value is -3.30. The van der Waals surface area contributed by atoms with E-state index in [2.05, 4.69) is 20.5 Å². The fourth-order valence-electron chi connectivity index (χ4n) is 2.84. The first-order valence-corrected chi connectivity index (χ1v) is 7.84. The van der Waals surface area contributed by atoms with Crippen molar-refractivity contribution < 1.29 is 23.8 Å². The van der Waals surface area contributed by atoms with Crippen molar-refractivity contribution in [1.29, 1.82) is 0 Å². The normalized spacial score (nSPS) is 16.5. The summed E-state index contributed by atoms with van der Waals surface area (Å²) in [7, 11) is 4.51. The zero-order chi connectivity index (χ0) is 18.7. The summed E-state index contributed by atoms with van der Waals surface area (Å²) in [6.45, 7) is 0.234. The van der Waals surface area contributed by atoms with Gasteiger partial charge in [0.2, 0.25) is 23.5 Å². The third-order valence-corrected chi connectivity index (χ3v) is 4.11. The van der Waals surface area contributed by atoms with Crippen molar-refractivity contribution in [3.8, 4) is 17.2 Å². The monoisotopic (exact) mass is 361 g/mol. The molecule has 1 aliphatic rings. The largest absolute Gasteiger partial charge is 0.493 e. The molecular formula is C16H19N5O5. The number of hydrogen-bond donors (Lipinski definition) is 2. The van der Waals surface area contributed by atoms with Crippen LogP contribution in [0.2, 0.25) is 0 Å². The maximum Gasteiger partial charge on any atom is 0.232 e. The zero-order valence-electron chi connectivity index (χ0n) is 14.6. The highest BCUT2D eigenvalue weighted by molar-refractivity contribution is 6.03. The Balaban J connectivity index is 1.81. The summed E-state index contributed by atoms with van der Waals surface area (Å²) in [5, 5.41) is 8.82. The number of H-pyrrole nitrogens is 1. The first-order chi connectivity index (χ1) is 12.6. The first-order valence-electron chi connectivity index (χ1n) is 7.84. The molecule has 0 spiro atoms. The van der Waals surface area contributed by atoms with Crippen molar-refractivity contribution in [3.05, 3.63) is 18.5 Å². The molecule has 0 bridgehead atoms. The van der Waals surface area contributed by atoms with Gasteiger partial charge in [0.1, 0.15) is 6.33 Å². The molecule has 1 fully saturated rings. The van der Waals surface area contributed by atoms with Crippen LogP contribution in [0.5, 0.6) is 17.2 Å². The van der Waals surface area contributed by atoms with Crippen LogP contribution in [0.25, 0.3) is 0 Å². The van der Waals surface area contributed by atoms with Crippen molar-refractivity contribution in [2.24, 2.45) is 5.92 Å². The van der Waals surface area contributed by atoms with Gasteiger partial charge >= 0.3 is 0 Å². The Labute approximate surface area is 149 Å². The van der Waals surface area contributed by atoms with Crippen LogP contribution in [0, 0.1) is 5.92 Å². The number of anilines is 2. The van der Waals surface area contributed by atoms with Gasteiger partial charge < -0.3 is 19.1 Å². The molecule has 1 aliphatic heterocycles. The van der Waals surface area contributed by atoms with Gasteiger partial charge in [-0.3, -0.25) is 14.9 Å². The number of rotatable bonds is 6. The number of nitrogens with zero attached hydrogens (tertiary/aromatic N) is 3. The number of aromatic nitrogens is 3. The lowest BCUT2D eigenvalue weighted by molar-refractivity contribution is -0.122. The van der Waals surface area contributed by atoms with Gasteiger partial charge in [0.25, 0.3) is 0 Å². The van der Waals surface area contributed by atoms with Crippen molar-refractivity contribution in [1.82, 2.24) is 15.2 Å². The highest BCUT2D eigenvalue weighted by atomic mass is 16.5. The lowest BCUT2D eigenvalue weighted by Crippen LogP contribution is -2.28. The molecule has 10 nitrogen and oxygen atoms in total. The van der Waals surface area contributed by atoms with E-state index in [4.69, 9.17) is 14.2 Å². The molecule has 2 amide bonds. The van der Waals surface area contributed by atoms with E-state index < -0.39 is 5.92 Å². The second-order valence-corrected chi connectivity index (χ2v) is 5.61. The smallest absolute Gasteiger partial charge is 0.232 e. The molecule has 0 radical (unpaired) electrons. The summed E-state index contributed by atoms with van der Waals surface area (Å²) < 4.78 is 15.9.